The number of thioether (sulfide) groups is 1. The number of carbonyl (C=O) groups is 1. The lowest BCUT2D eigenvalue weighted by Gasteiger charge is -2.20. The summed E-state index contributed by atoms with van der Waals surface area (Å²) in [5.74, 6) is 1.05. The van der Waals surface area contributed by atoms with E-state index < -0.39 is 5.60 Å². The van der Waals surface area contributed by atoms with Crippen molar-refractivity contribution in [1.29, 1.82) is 0 Å². The molecule has 2 heterocycles. The SMILES string of the molecule is O=C(NCc1ccc(-n2ccnc2)cc1)C1(O)CCSC1. The number of nitrogens with zero attached hydrogens (tertiary/aromatic N) is 2. The van der Waals surface area contributed by atoms with E-state index in [0.717, 1.165) is 17.0 Å². The smallest absolute Gasteiger partial charge is 0.253 e. The standard InChI is InChI=1S/C15H17N3O2S/c19-14(15(20)5-8-21-10-15)17-9-12-1-3-13(4-2-12)18-7-6-16-11-18/h1-4,6-7,11,20H,5,8-10H2,(H,17,19). The monoisotopic (exact) mass is 303 g/mol. The highest BCUT2D eigenvalue weighted by molar-refractivity contribution is 7.99. The van der Waals surface area contributed by atoms with Crippen molar-refractivity contribution < 1.29 is 9.90 Å². The van der Waals surface area contributed by atoms with Gasteiger partial charge in [-0.15, -0.1) is 0 Å². The summed E-state index contributed by atoms with van der Waals surface area (Å²) >= 11 is 1.61. The number of hydrogen-bond acceptors (Lipinski definition) is 4. The first kappa shape index (κ1) is 14.2. The van der Waals surface area contributed by atoms with Crippen molar-refractivity contribution in [3.8, 4) is 5.69 Å². The Balaban J connectivity index is 1.60. The van der Waals surface area contributed by atoms with Crippen LogP contribution in [0.25, 0.3) is 5.69 Å². The van der Waals surface area contributed by atoms with Crippen LogP contribution in [-0.2, 0) is 11.3 Å². The van der Waals surface area contributed by atoms with Gasteiger partial charge in [0.15, 0.2) is 5.60 Å². The van der Waals surface area contributed by atoms with Gasteiger partial charge in [0.05, 0.1) is 6.33 Å². The average Bonchev–Trinajstić information content (AvgIpc) is 3.17. The third-order valence-corrected chi connectivity index (χ3v) is 4.79. The maximum Gasteiger partial charge on any atom is 0.253 e. The molecule has 110 valence electrons. The Hall–Kier alpha value is -1.79. The third-order valence-electron chi connectivity index (χ3n) is 3.62. The molecule has 1 amide bonds. The fourth-order valence-electron chi connectivity index (χ4n) is 2.28. The molecule has 2 aromatic rings. The molecule has 1 saturated heterocycles. The second kappa shape index (κ2) is 5.91. The number of amides is 1. The molecule has 0 saturated carbocycles. The lowest BCUT2D eigenvalue weighted by Crippen LogP contribution is -2.46. The molecule has 0 bridgehead atoms. The first-order valence-corrected chi connectivity index (χ1v) is 7.99. The van der Waals surface area contributed by atoms with Crippen LogP contribution in [0.4, 0.5) is 0 Å². The zero-order valence-corrected chi connectivity index (χ0v) is 12.3. The minimum Gasteiger partial charge on any atom is -0.379 e. The number of aliphatic hydroxyl groups is 1. The van der Waals surface area contributed by atoms with Crippen LogP contribution in [-0.4, -0.2) is 37.7 Å². The fourth-order valence-corrected chi connectivity index (χ4v) is 3.52. The van der Waals surface area contributed by atoms with Gasteiger partial charge in [0.25, 0.3) is 5.91 Å². The normalized spacial score (nSPS) is 21.4. The third kappa shape index (κ3) is 3.11. The largest absolute Gasteiger partial charge is 0.379 e. The Labute approximate surface area is 127 Å². The van der Waals surface area contributed by atoms with Crippen molar-refractivity contribution in [2.75, 3.05) is 11.5 Å². The summed E-state index contributed by atoms with van der Waals surface area (Å²) in [5.41, 5.74) is 0.830. The van der Waals surface area contributed by atoms with Crippen LogP contribution in [0.5, 0.6) is 0 Å². The highest BCUT2D eigenvalue weighted by Gasteiger charge is 2.39. The van der Waals surface area contributed by atoms with Gasteiger partial charge in [-0.05, 0) is 29.9 Å². The predicted molar refractivity (Wildman–Crippen MR) is 82.3 cm³/mol. The van der Waals surface area contributed by atoms with E-state index in [-0.39, 0.29) is 5.91 Å². The summed E-state index contributed by atoms with van der Waals surface area (Å²) < 4.78 is 1.92. The molecule has 1 atom stereocenters. The Kier molecular flexibility index (Phi) is 3.98. The van der Waals surface area contributed by atoms with Gasteiger partial charge in [0, 0.05) is 30.4 Å². The molecule has 6 heteroatoms. The topological polar surface area (TPSA) is 67.2 Å². The van der Waals surface area contributed by atoms with Gasteiger partial charge in [0.2, 0.25) is 0 Å². The van der Waals surface area contributed by atoms with Crippen LogP contribution >= 0.6 is 11.8 Å². The van der Waals surface area contributed by atoms with Crippen LogP contribution < -0.4 is 5.32 Å². The van der Waals surface area contributed by atoms with Gasteiger partial charge in [0.1, 0.15) is 0 Å². The van der Waals surface area contributed by atoms with E-state index in [9.17, 15) is 9.90 Å². The van der Waals surface area contributed by atoms with E-state index in [4.69, 9.17) is 0 Å². The van der Waals surface area contributed by atoms with E-state index in [1.54, 1.807) is 24.3 Å². The van der Waals surface area contributed by atoms with Crippen LogP contribution in [0.15, 0.2) is 43.0 Å². The maximum atomic E-state index is 12.0. The molecular weight excluding hydrogens is 286 g/mol. The molecule has 1 unspecified atom stereocenters. The Bertz CT molecular complexity index is 604. The molecule has 1 aromatic carbocycles. The minimum absolute atomic E-state index is 0.272. The van der Waals surface area contributed by atoms with E-state index in [1.807, 2.05) is 35.0 Å². The quantitative estimate of drug-likeness (QED) is 0.895. The lowest BCUT2D eigenvalue weighted by atomic mass is 10.0. The van der Waals surface area contributed by atoms with Crippen LogP contribution in [0.2, 0.25) is 0 Å². The van der Waals surface area contributed by atoms with Gasteiger partial charge in [-0.25, -0.2) is 4.98 Å². The fraction of sp³-hybridized carbons (Fsp3) is 0.333. The number of rotatable bonds is 4. The molecule has 0 radical (unpaired) electrons. The number of imidazole rings is 1. The highest BCUT2D eigenvalue weighted by Crippen LogP contribution is 2.27. The molecule has 2 N–H and O–H groups in total. The molecule has 1 aliphatic rings. The molecule has 3 rings (SSSR count). The minimum atomic E-state index is -1.19. The van der Waals surface area contributed by atoms with Crippen molar-refractivity contribution in [1.82, 2.24) is 14.9 Å². The molecule has 0 aliphatic carbocycles. The molecule has 1 fully saturated rings. The van der Waals surface area contributed by atoms with Crippen molar-refractivity contribution in [2.24, 2.45) is 0 Å². The van der Waals surface area contributed by atoms with Gasteiger partial charge < -0.3 is 15.0 Å². The van der Waals surface area contributed by atoms with Crippen LogP contribution in [0.3, 0.4) is 0 Å². The van der Waals surface area contributed by atoms with E-state index in [0.29, 0.717) is 18.7 Å². The van der Waals surface area contributed by atoms with E-state index in [1.165, 1.54) is 0 Å². The average molecular weight is 303 g/mol. The van der Waals surface area contributed by atoms with E-state index in [2.05, 4.69) is 10.3 Å². The van der Waals surface area contributed by atoms with Crippen molar-refractivity contribution >= 4 is 17.7 Å². The van der Waals surface area contributed by atoms with Crippen molar-refractivity contribution in [3.63, 3.8) is 0 Å². The maximum absolute atomic E-state index is 12.0. The first-order valence-electron chi connectivity index (χ1n) is 6.83. The summed E-state index contributed by atoms with van der Waals surface area (Å²) in [7, 11) is 0. The Morgan fingerprint density at radius 2 is 2.24 bits per heavy atom. The predicted octanol–water partition coefficient (Wildman–Crippen LogP) is 1.36. The molecule has 5 nitrogen and oxygen atoms in total. The second-order valence-electron chi connectivity index (χ2n) is 5.15. The van der Waals surface area contributed by atoms with Crippen molar-refractivity contribution in [3.05, 3.63) is 48.5 Å². The lowest BCUT2D eigenvalue weighted by molar-refractivity contribution is -0.137. The molecule has 0 spiro atoms. The number of benzene rings is 1. The molecule has 1 aliphatic heterocycles. The highest BCUT2D eigenvalue weighted by atomic mass is 32.2. The van der Waals surface area contributed by atoms with Gasteiger partial charge in [-0.3, -0.25) is 4.79 Å². The number of aromatic nitrogens is 2. The van der Waals surface area contributed by atoms with Crippen molar-refractivity contribution in [2.45, 2.75) is 18.6 Å². The Morgan fingerprint density at radius 3 is 2.86 bits per heavy atom. The van der Waals surface area contributed by atoms with Gasteiger partial charge in [-0.1, -0.05) is 12.1 Å². The zero-order chi connectivity index (χ0) is 14.7. The summed E-state index contributed by atoms with van der Waals surface area (Å²) in [4.78, 5) is 16.0. The second-order valence-corrected chi connectivity index (χ2v) is 6.26. The van der Waals surface area contributed by atoms with Crippen LogP contribution in [0.1, 0.15) is 12.0 Å². The summed E-state index contributed by atoms with van der Waals surface area (Å²) in [5, 5.41) is 13.0. The van der Waals surface area contributed by atoms with Crippen LogP contribution in [0, 0.1) is 0 Å². The van der Waals surface area contributed by atoms with Gasteiger partial charge in [-0.2, -0.15) is 11.8 Å². The molecule has 1 aromatic heterocycles. The first-order chi connectivity index (χ1) is 10.2. The Morgan fingerprint density at radius 1 is 1.43 bits per heavy atom. The molecular formula is C15H17N3O2S. The molecule has 21 heavy (non-hydrogen) atoms. The summed E-state index contributed by atoms with van der Waals surface area (Å²) in [6.07, 6.45) is 5.88. The number of nitrogens with one attached hydrogen (secondary N) is 1. The van der Waals surface area contributed by atoms with Gasteiger partial charge >= 0.3 is 0 Å². The summed E-state index contributed by atoms with van der Waals surface area (Å²) in [6, 6.07) is 7.87. The van der Waals surface area contributed by atoms with E-state index >= 15 is 0 Å². The number of hydrogen-bond donors (Lipinski definition) is 2. The number of carbonyl (C=O) groups excluding carboxylic acids is 1. The zero-order valence-electron chi connectivity index (χ0n) is 11.5. The summed E-state index contributed by atoms with van der Waals surface area (Å²) in [6.45, 7) is 0.427.